The summed E-state index contributed by atoms with van der Waals surface area (Å²) in [6.45, 7) is 6.90. The first-order valence-electron chi connectivity index (χ1n) is 4.45. The van der Waals surface area contributed by atoms with Gasteiger partial charge in [-0.2, -0.15) is 0 Å². The summed E-state index contributed by atoms with van der Waals surface area (Å²) in [7, 11) is -3.56. The molecule has 0 aliphatic carbocycles. The lowest BCUT2D eigenvalue weighted by molar-refractivity contribution is -0.123. The van der Waals surface area contributed by atoms with Crippen LogP contribution in [0.3, 0.4) is 0 Å². The molecule has 0 aliphatic rings. The van der Waals surface area contributed by atoms with E-state index in [1.807, 2.05) is 20.8 Å². The number of amides is 1. The van der Waals surface area contributed by atoms with Gasteiger partial charge in [-0.25, -0.2) is 13.1 Å². The Hall–Kier alpha value is -0.330. The Balaban J connectivity index is 4.36. The van der Waals surface area contributed by atoms with Gasteiger partial charge in [0, 0.05) is 5.54 Å². The van der Waals surface area contributed by atoms with Crippen LogP contribution in [-0.4, -0.2) is 31.1 Å². The molecule has 0 bridgehead atoms. The van der Waals surface area contributed by atoms with Crippen LogP contribution in [0.4, 0.5) is 0 Å². The zero-order valence-electron chi connectivity index (χ0n) is 9.30. The molecule has 0 aliphatic heterocycles. The van der Waals surface area contributed by atoms with Crippen molar-refractivity contribution in [1.29, 1.82) is 0 Å². The van der Waals surface area contributed by atoms with E-state index in [4.69, 9.17) is 11.6 Å². The first-order valence-corrected chi connectivity index (χ1v) is 6.64. The van der Waals surface area contributed by atoms with E-state index < -0.39 is 26.8 Å². The van der Waals surface area contributed by atoms with Crippen LogP contribution in [0, 0.1) is 0 Å². The zero-order chi connectivity index (χ0) is 12.3. The van der Waals surface area contributed by atoms with Crippen molar-refractivity contribution in [2.45, 2.75) is 39.3 Å². The lowest BCUT2D eigenvalue weighted by Gasteiger charge is -2.23. The molecule has 0 heterocycles. The highest BCUT2D eigenvalue weighted by atomic mass is 35.5. The maximum atomic E-state index is 11.5. The normalized spacial score (nSPS) is 14.7. The second-order valence-electron chi connectivity index (χ2n) is 4.30. The topological polar surface area (TPSA) is 75.3 Å². The highest BCUT2D eigenvalue weighted by Gasteiger charge is 2.22. The standard InChI is InChI=1S/C8H17ClN2O3S/c1-6(11-15(13,14)5-9)7(12)10-8(2,3)4/h6,11H,5H2,1-4H3,(H,10,12). The molecule has 0 rings (SSSR count). The zero-order valence-corrected chi connectivity index (χ0v) is 10.9. The number of nitrogens with one attached hydrogen (secondary N) is 2. The van der Waals surface area contributed by atoms with Crippen molar-refractivity contribution >= 4 is 27.5 Å². The number of hydrogen-bond donors (Lipinski definition) is 2. The molecular weight excluding hydrogens is 240 g/mol. The number of hydrogen-bond acceptors (Lipinski definition) is 3. The van der Waals surface area contributed by atoms with Crippen molar-refractivity contribution in [3.8, 4) is 0 Å². The van der Waals surface area contributed by atoms with Crippen LogP contribution in [0.2, 0.25) is 0 Å². The van der Waals surface area contributed by atoms with Crippen molar-refractivity contribution in [3.63, 3.8) is 0 Å². The van der Waals surface area contributed by atoms with Crippen LogP contribution in [-0.2, 0) is 14.8 Å². The lowest BCUT2D eigenvalue weighted by Crippen LogP contribution is -2.50. The number of carbonyl (C=O) groups is 1. The van der Waals surface area contributed by atoms with Gasteiger partial charge < -0.3 is 5.32 Å². The molecule has 7 heteroatoms. The summed E-state index contributed by atoms with van der Waals surface area (Å²) in [5.41, 5.74) is -0.391. The fourth-order valence-electron chi connectivity index (χ4n) is 0.832. The van der Waals surface area contributed by atoms with Gasteiger partial charge in [0.05, 0.1) is 6.04 Å². The van der Waals surface area contributed by atoms with E-state index in [0.717, 1.165) is 0 Å². The first kappa shape index (κ1) is 14.7. The van der Waals surface area contributed by atoms with E-state index in [2.05, 4.69) is 10.0 Å². The van der Waals surface area contributed by atoms with Crippen LogP contribution < -0.4 is 10.0 Å². The van der Waals surface area contributed by atoms with Crippen LogP contribution in [0.5, 0.6) is 0 Å². The minimum atomic E-state index is -3.56. The van der Waals surface area contributed by atoms with Gasteiger partial charge >= 0.3 is 0 Å². The Morgan fingerprint density at radius 1 is 1.40 bits per heavy atom. The summed E-state index contributed by atoms with van der Waals surface area (Å²) in [5.74, 6) is -0.379. The van der Waals surface area contributed by atoms with Crippen molar-refractivity contribution < 1.29 is 13.2 Å². The number of halogens is 1. The van der Waals surface area contributed by atoms with E-state index >= 15 is 0 Å². The van der Waals surface area contributed by atoms with Gasteiger partial charge in [-0.1, -0.05) is 0 Å². The van der Waals surface area contributed by atoms with Gasteiger partial charge in [-0.3, -0.25) is 4.79 Å². The summed E-state index contributed by atoms with van der Waals surface area (Å²) in [5, 5.41) is 2.10. The molecule has 1 unspecified atom stereocenters. The third-order valence-corrected chi connectivity index (χ3v) is 3.25. The minimum Gasteiger partial charge on any atom is -0.350 e. The van der Waals surface area contributed by atoms with Gasteiger partial charge in [-0.15, -0.1) is 11.6 Å². The quantitative estimate of drug-likeness (QED) is 0.716. The largest absolute Gasteiger partial charge is 0.350 e. The lowest BCUT2D eigenvalue weighted by atomic mass is 10.1. The predicted molar refractivity (Wildman–Crippen MR) is 60.1 cm³/mol. The third kappa shape index (κ3) is 6.70. The number of carbonyl (C=O) groups excluding carboxylic acids is 1. The average Bonchev–Trinajstić information content (AvgIpc) is 2.00. The molecule has 2 N–H and O–H groups in total. The maximum Gasteiger partial charge on any atom is 0.238 e. The van der Waals surface area contributed by atoms with E-state index in [-0.39, 0.29) is 5.91 Å². The molecule has 0 aromatic carbocycles. The minimum absolute atomic E-state index is 0.379. The molecule has 0 spiro atoms. The first-order chi connectivity index (χ1) is 6.57. The van der Waals surface area contributed by atoms with Crippen LogP contribution in [0.15, 0.2) is 0 Å². The summed E-state index contributed by atoms with van der Waals surface area (Å²) in [6, 6.07) is -0.826. The van der Waals surface area contributed by atoms with Crippen molar-refractivity contribution in [3.05, 3.63) is 0 Å². The van der Waals surface area contributed by atoms with Gasteiger partial charge in [0.25, 0.3) is 0 Å². The number of rotatable bonds is 4. The maximum absolute atomic E-state index is 11.5. The fourth-order valence-corrected chi connectivity index (χ4v) is 1.73. The highest BCUT2D eigenvalue weighted by molar-refractivity contribution is 7.90. The number of sulfonamides is 1. The van der Waals surface area contributed by atoms with Crippen LogP contribution in [0.25, 0.3) is 0 Å². The molecule has 0 aromatic rings. The van der Waals surface area contributed by atoms with Gasteiger partial charge in [-0.05, 0) is 27.7 Å². The summed E-state index contributed by atoms with van der Waals surface area (Å²) in [4.78, 5) is 11.5. The Morgan fingerprint density at radius 3 is 2.20 bits per heavy atom. The van der Waals surface area contributed by atoms with E-state index in [1.54, 1.807) is 0 Å². The molecule has 0 saturated heterocycles. The molecule has 0 radical (unpaired) electrons. The van der Waals surface area contributed by atoms with E-state index in [0.29, 0.717) is 0 Å². The second-order valence-corrected chi connectivity index (χ2v) is 6.64. The monoisotopic (exact) mass is 256 g/mol. The van der Waals surface area contributed by atoms with Crippen molar-refractivity contribution in [2.24, 2.45) is 0 Å². The smallest absolute Gasteiger partial charge is 0.238 e. The molecule has 1 atom stereocenters. The van der Waals surface area contributed by atoms with Gasteiger partial charge in [0.1, 0.15) is 5.21 Å². The Labute approximate surface area is 95.6 Å². The second kappa shape index (κ2) is 5.14. The molecule has 90 valence electrons. The van der Waals surface area contributed by atoms with Gasteiger partial charge in [0.2, 0.25) is 15.9 Å². The molecule has 0 aromatic heterocycles. The summed E-state index contributed by atoms with van der Waals surface area (Å²) < 4.78 is 24.3. The Morgan fingerprint density at radius 2 is 1.87 bits per heavy atom. The Kier molecular flexibility index (Phi) is 5.02. The summed E-state index contributed by atoms with van der Waals surface area (Å²) in [6.07, 6.45) is 0. The SMILES string of the molecule is CC(NS(=O)(=O)CCl)C(=O)NC(C)(C)C. The molecule has 0 fully saturated rings. The average molecular weight is 257 g/mol. The van der Waals surface area contributed by atoms with Crippen molar-refractivity contribution in [1.82, 2.24) is 10.0 Å². The molecular formula is C8H17ClN2O3S. The van der Waals surface area contributed by atoms with Crippen LogP contribution in [0.1, 0.15) is 27.7 Å². The van der Waals surface area contributed by atoms with Crippen LogP contribution >= 0.6 is 11.6 Å². The van der Waals surface area contributed by atoms with Crippen molar-refractivity contribution in [2.75, 3.05) is 5.21 Å². The highest BCUT2D eigenvalue weighted by Crippen LogP contribution is 2.00. The predicted octanol–water partition coefficient (Wildman–Crippen LogP) is 0.405. The molecule has 0 saturated carbocycles. The Bertz CT molecular complexity index is 321. The third-order valence-electron chi connectivity index (χ3n) is 1.39. The van der Waals surface area contributed by atoms with E-state index in [1.165, 1.54) is 6.92 Å². The number of alkyl halides is 1. The molecule has 15 heavy (non-hydrogen) atoms. The molecule has 5 nitrogen and oxygen atoms in total. The van der Waals surface area contributed by atoms with E-state index in [9.17, 15) is 13.2 Å². The fraction of sp³-hybridized carbons (Fsp3) is 0.875. The van der Waals surface area contributed by atoms with Gasteiger partial charge in [0.15, 0.2) is 0 Å². The molecule has 1 amide bonds. The summed E-state index contributed by atoms with van der Waals surface area (Å²) >= 11 is 5.19.